The Hall–Kier alpha value is -4.40. The first kappa shape index (κ1) is 24.3. The maximum atomic E-state index is 12.4. The van der Waals surface area contributed by atoms with Crippen LogP contribution in [0, 0.1) is 6.92 Å². The summed E-state index contributed by atoms with van der Waals surface area (Å²) in [6.45, 7) is 6.88. The molecule has 5 rings (SSSR count). The van der Waals surface area contributed by atoms with Gasteiger partial charge in [-0.3, -0.25) is 4.79 Å². The largest absolute Gasteiger partial charge is 0.493 e. The van der Waals surface area contributed by atoms with Crippen molar-refractivity contribution in [2.75, 3.05) is 25.9 Å². The second-order valence-electron chi connectivity index (χ2n) is 9.19. The van der Waals surface area contributed by atoms with E-state index in [1.54, 1.807) is 13.2 Å². The number of aryl methyl sites for hydroxylation is 2. The number of hydrogen-bond donors (Lipinski definition) is 1. The van der Waals surface area contributed by atoms with Crippen LogP contribution in [0.4, 0.5) is 5.82 Å². The molecule has 1 aliphatic rings. The molecule has 0 aliphatic carbocycles. The maximum absolute atomic E-state index is 12.4. The van der Waals surface area contributed by atoms with Crippen LogP contribution >= 0.6 is 0 Å². The van der Waals surface area contributed by atoms with Crippen LogP contribution in [0.5, 0.6) is 17.4 Å². The van der Waals surface area contributed by atoms with Gasteiger partial charge in [-0.05, 0) is 49.6 Å². The Balaban J connectivity index is 1.64. The van der Waals surface area contributed by atoms with Gasteiger partial charge in [-0.25, -0.2) is 15.0 Å². The average molecular weight is 499 g/mol. The number of methoxy groups -OCH3 is 1. The summed E-state index contributed by atoms with van der Waals surface area (Å²) < 4.78 is 13.8. The third-order valence-corrected chi connectivity index (χ3v) is 6.87. The molecule has 0 spiro atoms. The van der Waals surface area contributed by atoms with Crippen molar-refractivity contribution in [1.82, 2.24) is 24.4 Å². The van der Waals surface area contributed by atoms with Gasteiger partial charge < -0.3 is 24.7 Å². The SMILES string of the molecule is C=CC(=O)N1CCCC(c2c(-c3ccc(Oc4cccc(C)n4)c(OC)c3)c3c(N)ncnc3n2C)C1. The number of aromatic nitrogens is 4. The van der Waals surface area contributed by atoms with Gasteiger partial charge in [0.25, 0.3) is 0 Å². The Labute approximate surface area is 215 Å². The second-order valence-corrected chi connectivity index (χ2v) is 9.19. The number of piperidine rings is 1. The van der Waals surface area contributed by atoms with Gasteiger partial charge in [0.15, 0.2) is 11.5 Å². The van der Waals surface area contributed by atoms with Crippen LogP contribution in [0.1, 0.15) is 30.1 Å². The van der Waals surface area contributed by atoms with Crippen LogP contribution in [-0.4, -0.2) is 50.5 Å². The van der Waals surface area contributed by atoms with Gasteiger partial charge in [0.2, 0.25) is 11.8 Å². The number of nitrogens with zero attached hydrogens (tertiary/aromatic N) is 5. The van der Waals surface area contributed by atoms with E-state index in [1.807, 2.05) is 49.2 Å². The lowest BCUT2D eigenvalue weighted by Crippen LogP contribution is -2.38. The fourth-order valence-corrected chi connectivity index (χ4v) is 5.19. The minimum Gasteiger partial charge on any atom is -0.493 e. The highest BCUT2D eigenvalue weighted by Crippen LogP contribution is 2.44. The highest BCUT2D eigenvalue weighted by Gasteiger charge is 2.31. The van der Waals surface area contributed by atoms with E-state index in [2.05, 4.69) is 26.1 Å². The molecule has 4 heterocycles. The number of nitrogen functional groups attached to an aromatic ring is 1. The first-order valence-electron chi connectivity index (χ1n) is 12.2. The van der Waals surface area contributed by atoms with Crippen molar-refractivity contribution in [3.63, 3.8) is 0 Å². The summed E-state index contributed by atoms with van der Waals surface area (Å²) in [5.74, 6) is 2.03. The lowest BCUT2D eigenvalue weighted by atomic mass is 9.89. The van der Waals surface area contributed by atoms with Crippen LogP contribution in [0.2, 0.25) is 0 Å². The molecule has 1 fully saturated rings. The average Bonchev–Trinajstić information content (AvgIpc) is 3.22. The van der Waals surface area contributed by atoms with Crippen LogP contribution in [-0.2, 0) is 11.8 Å². The molecule has 1 amide bonds. The predicted molar refractivity (Wildman–Crippen MR) is 143 cm³/mol. The molecular weight excluding hydrogens is 468 g/mol. The Kier molecular flexibility index (Phi) is 6.52. The van der Waals surface area contributed by atoms with Crippen LogP contribution in [0.25, 0.3) is 22.2 Å². The van der Waals surface area contributed by atoms with Crippen molar-refractivity contribution in [2.24, 2.45) is 7.05 Å². The van der Waals surface area contributed by atoms with E-state index in [0.717, 1.165) is 52.9 Å². The number of likely N-dealkylation sites (tertiary alicyclic amines) is 1. The summed E-state index contributed by atoms with van der Waals surface area (Å²) in [6.07, 6.45) is 4.68. The van der Waals surface area contributed by atoms with E-state index >= 15 is 0 Å². The fraction of sp³-hybridized carbons (Fsp3) is 0.286. The fourth-order valence-electron chi connectivity index (χ4n) is 5.19. The van der Waals surface area contributed by atoms with Crippen molar-refractivity contribution in [3.05, 3.63) is 66.8 Å². The zero-order chi connectivity index (χ0) is 26.1. The minimum absolute atomic E-state index is 0.0581. The van der Waals surface area contributed by atoms with Gasteiger partial charge in [-0.2, -0.15) is 0 Å². The van der Waals surface area contributed by atoms with Crippen LogP contribution < -0.4 is 15.2 Å². The molecule has 0 radical (unpaired) electrons. The molecule has 1 aromatic carbocycles. The van der Waals surface area contributed by atoms with Crippen molar-refractivity contribution in [2.45, 2.75) is 25.7 Å². The summed E-state index contributed by atoms with van der Waals surface area (Å²) in [5, 5.41) is 0.781. The number of rotatable bonds is 6. The number of carbonyl (C=O) groups excluding carboxylic acids is 1. The molecule has 4 aromatic rings. The van der Waals surface area contributed by atoms with E-state index in [9.17, 15) is 4.79 Å². The monoisotopic (exact) mass is 498 g/mol. The predicted octanol–water partition coefficient (Wildman–Crippen LogP) is 4.61. The number of anilines is 1. The molecule has 0 bridgehead atoms. The third kappa shape index (κ3) is 4.48. The third-order valence-electron chi connectivity index (χ3n) is 6.87. The number of nitrogens with two attached hydrogens (primary N) is 1. The van der Waals surface area contributed by atoms with E-state index in [4.69, 9.17) is 15.2 Å². The first-order chi connectivity index (χ1) is 17.9. The smallest absolute Gasteiger partial charge is 0.245 e. The summed E-state index contributed by atoms with van der Waals surface area (Å²) in [4.78, 5) is 27.5. The Morgan fingerprint density at radius 2 is 2.05 bits per heavy atom. The number of pyridine rings is 1. The molecule has 9 heteroatoms. The lowest BCUT2D eigenvalue weighted by molar-refractivity contribution is -0.127. The zero-order valence-corrected chi connectivity index (χ0v) is 21.3. The molecule has 1 saturated heterocycles. The van der Waals surface area contributed by atoms with Gasteiger partial charge in [0, 0.05) is 49.1 Å². The van der Waals surface area contributed by atoms with Gasteiger partial charge in [-0.1, -0.05) is 18.7 Å². The standard InChI is InChI=1S/C28H30N6O3/c1-5-23(35)34-13-7-9-19(15-34)26-24(25-27(29)30-16-31-28(25)33(26)3)18-11-12-20(21(14-18)36-4)37-22-10-6-8-17(2)32-22/h5-6,8,10-12,14,16,19H,1,7,9,13,15H2,2-4H3,(H2,29,30,31). The number of carbonyl (C=O) groups is 1. The molecule has 1 unspecified atom stereocenters. The van der Waals surface area contributed by atoms with E-state index in [-0.39, 0.29) is 11.8 Å². The number of amides is 1. The highest BCUT2D eigenvalue weighted by molar-refractivity contribution is 6.03. The Bertz CT molecular complexity index is 1500. The van der Waals surface area contributed by atoms with Gasteiger partial charge in [-0.15, -0.1) is 0 Å². The van der Waals surface area contributed by atoms with Gasteiger partial charge >= 0.3 is 0 Å². The normalized spacial score (nSPS) is 15.5. The summed E-state index contributed by atoms with van der Waals surface area (Å²) in [7, 11) is 3.59. The van der Waals surface area contributed by atoms with E-state index in [0.29, 0.717) is 29.7 Å². The Morgan fingerprint density at radius 1 is 1.22 bits per heavy atom. The molecule has 1 atom stereocenters. The van der Waals surface area contributed by atoms with E-state index < -0.39 is 0 Å². The second kappa shape index (κ2) is 9.93. The van der Waals surface area contributed by atoms with Gasteiger partial charge in [0.1, 0.15) is 17.8 Å². The zero-order valence-electron chi connectivity index (χ0n) is 21.3. The molecule has 2 N–H and O–H groups in total. The number of fused-ring (bicyclic) bond motifs is 1. The van der Waals surface area contributed by atoms with Gasteiger partial charge in [0.05, 0.1) is 12.5 Å². The molecule has 3 aromatic heterocycles. The van der Waals surface area contributed by atoms with Crippen molar-refractivity contribution >= 4 is 22.8 Å². The molecule has 1 aliphatic heterocycles. The topological polar surface area (TPSA) is 108 Å². The summed E-state index contributed by atoms with van der Waals surface area (Å²) in [6, 6.07) is 11.4. The summed E-state index contributed by atoms with van der Waals surface area (Å²) in [5.41, 5.74) is 10.9. The van der Waals surface area contributed by atoms with Crippen molar-refractivity contribution < 1.29 is 14.3 Å². The van der Waals surface area contributed by atoms with Crippen LogP contribution in [0.15, 0.2) is 55.4 Å². The lowest BCUT2D eigenvalue weighted by Gasteiger charge is -2.33. The first-order valence-corrected chi connectivity index (χ1v) is 12.2. The number of benzene rings is 1. The molecule has 9 nitrogen and oxygen atoms in total. The molecule has 37 heavy (non-hydrogen) atoms. The molecule has 0 saturated carbocycles. The van der Waals surface area contributed by atoms with Crippen LogP contribution in [0.3, 0.4) is 0 Å². The maximum Gasteiger partial charge on any atom is 0.245 e. The minimum atomic E-state index is -0.0581. The van der Waals surface area contributed by atoms with E-state index in [1.165, 1.54) is 12.4 Å². The highest BCUT2D eigenvalue weighted by atomic mass is 16.5. The number of hydrogen-bond acceptors (Lipinski definition) is 7. The van der Waals surface area contributed by atoms with Crippen molar-refractivity contribution in [3.8, 4) is 28.5 Å². The molecule has 190 valence electrons. The Morgan fingerprint density at radius 3 is 2.81 bits per heavy atom. The summed E-state index contributed by atoms with van der Waals surface area (Å²) >= 11 is 0. The quantitative estimate of drug-likeness (QED) is 0.387. The number of ether oxygens (including phenoxy) is 2. The van der Waals surface area contributed by atoms with Crippen molar-refractivity contribution in [1.29, 1.82) is 0 Å². The molecular formula is C28H30N6O3.